The van der Waals surface area contributed by atoms with Gasteiger partial charge in [-0.1, -0.05) is 0 Å². The fraction of sp³-hybridized carbons (Fsp3) is 0.300. The summed E-state index contributed by atoms with van der Waals surface area (Å²) in [5, 5.41) is 42.4. The first-order valence-corrected chi connectivity index (χ1v) is 4.95. The van der Waals surface area contributed by atoms with Crippen molar-refractivity contribution in [3.05, 3.63) is 34.4 Å². The summed E-state index contributed by atoms with van der Waals surface area (Å²) in [5.74, 6) is 0.0538. The van der Waals surface area contributed by atoms with Crippen LogP contribution in [0.2, 0.25) is 0 Å². The summed E-state index contributed by atoms with van der Waals surface area (Å²) in [4.78, 5) is 19.6. The molecule has 9 heteroatoms. The Morgan fingerprint density at radius 1 is 1.26 bits per heavy atom. The zero-order valence-electron chi connectivity index (χ0n) is 9.67. The molecule has 0 saturated carbocycles. The number of carboxylic acid groups (broad SMARTS) is 1. The van der Waals surface area contributed by atoms with Crippen LogP contribution in [-0.4, -0.2) is 50.8 Å². The van der Waals surface area contributed by atoms with Crippen LogP contribution in [0.5, 0.6) is 5.75 Å². The van der Waals surface area contributed by atoms with Gasteiger partial charge in [-0.2, -0.15) is 0 Å². The summed E-state index contributed by atoms with van der Waals surface area (Å²) in [7, 11) is 0. The van der Waals surface area contributed by atoms with Crippen LogP contribution in [0.4, 0.5) is 10.5 Å². The van der Waals surface area contributed by atoms with Gasteiger partial charge in [0.25, 0.3) is 5.69 Å². The standard InChI is InChI=1S/C7H5NO5.C3H8O3/c9-7(10)13-6-3-1-5(2-4-6)8(11)12;4-1-3(6)2-5/h1-4H,(H,9,10);3-6H,1-2H2. The molecule has 0 unspecified atom stereocenters. The van der Waals surface area contributed by atoms with E-state index in [0.717, 1.165) is 12.1 Å². The molecule has 0 radical (unpaired) electrons. The molecule has 4 N–H and O–H groups in total. The van der Waals surface area contributed by atoms with Gasteiger partial charge in [0.1, 0.15) is 11.9 Å². The fourth-order valence-electron chi connectivity index (χ4n) is 0.794. The molecule has 1 aromatic carbocycles. The van der Waals surface area contributed by atoms with Gasteiger partial charge in [-0.05, 0) is 12.1 Å². The minimum absolute atomic E-state index is 0.0538. The van der Waals surface area contributed by atoms with Crippen LogP contribution in [0.1, 0.15) is 0 Å². The van der Waals surface area contributed by atoms with Crippen LogP contribution >= 0.6 is 0 Å². The monoisotopic (exact) mass is 275 g/mol. The van der Waals surface area contributed by atoms with Crippen LogP contribution in [0.25, 0.3) is 0 Å². The second kappa shape index (κ2) is 8.80. The Kier molecular flexibility index (Phi) is 7.77. The van der Waals surface area contributed by atoms with Crippen molar-refractivity contribution in [2.75, 3.05) is 13.2 Å². The Morgan fingerprint density at radius 2 is 1.74 bits per heavy atom. The third-order valence-corrected chi connectivity index (χ3v) is 1.67. The van der Waals surface area contributed by atoms with E-state index in [1.807, 2.05) is 0 Å². The summed E-state index contributed by atoms with van der Waals surface area (Å²) in [5.41, 5.74) is -0.113. The van der Waals surface area contributed by atoms with Crippen LogP contribution in [-0.2, 0) is 0 Å². The van der Waals surface area contributed by atoms with Crippen molar-refractivity contribution in [2.24, 2.45) is 0 Å². The molecule has 0 fully saturated rings. The van der Waals surface area contributed by atoms with Crippen molar-refractivity contribution >= 4 is 11.8 Å². The number of benzene rings is 1. The number of carbonyl (C=O) groups is 1. The Bertz CT molecular complexity index is 400. The van der Waals surface area contributed by atoms with Gasteiger partial charge in [-0.15, -0.1) is 0 Å². The van der Waals surface area contributed by atoms with E-state index in [4.69, 9.17) is 20.4 Å². The average Bonchev–Trinajstić information content (AvgIpc) is 2.38. The van der Waals surface area contributed by atoms with E-state index in [1.54, 1.807) is 0 Å². The number of non-ortho nitro benzene ring substituents is 1. The maximum atomic E-state index is 10.2. The normalized spacial score (nSPS) is 9.47. The quantitative estimate of drug-likeness (QED) is 0.259. The number of nitro benzene ring substituents is 1. The third-order valence-electron chi connectivity index (χ3n) is 1.67. The van der Waals surface area contributed by atoms with E-state index in [1.165, 1.54) is 12.1 Å². The molecule has 0 spiro atoms. The molecule has 106 valence electrons. The fourth-order valence-corrected chi connectivity index (χ4v) is 0.794. The summed E-state index contributed by atoms with van der Waals surface area (Å²) < 4.78 is 4.24. The van der Waals surface area contributed by atoms with Crippen molar-refractivity contribution in [3.63, 3.8) is 0 Å². The molecule has 0 atom stereocenters. The van der Waals surface area contributed by atoms with Gasteiger partial charge in [-0.3, -0.25) is 10.1 Å². The molecular weight excluding hydrogens is 262 g/mol. The van der Waals surface area contributed by atoms with E-state index >= 15 is 0 Å². The van der Waals surface area contributed by atoms with Gasteiger partial charge in [0, 0.05) is 12.1 Å². The maximum Gasteiger partial charge on any atom is 0.511 e. The van der Waals surface area contributed by atoms with Crippen LogP contribution in [0.15, 0.2) is 24.3 Å². The first-order valence-electron chi connectivity index (χ1n) is 4.95. The largest absolute Gasteiger partial charge is 0.511 e. The first-order chi connectivity index (χ1) is 8.90. The van der Waals surface area contributed by atoms with Crippen molar-refractivity contribution in [1.82, 2.24) is 0 Å². The molecule has 19 heavy (non-hydrogen) atoms. The van der Waals surface area contributed by atoms with Gasteiger partial charge in [0.05, 0.1) is 18.1 Å². The number of aliphatic hydroxyl groups is 3. The minimum Gasteiger partial charge on any atom is -0.449 e. The molecule has 0 aliphatic rings. The molecule has 0 aliphatic carbocycles. The zero-order chi connectivity index (χ0) is 14.8. The third kappa shape index (κ3) is 7.65. The van der Waals surface area contributed by atoms with Crippen molar-refractivity contribution in [1.29, 1.82) is 0 Å². The minimum atomic E-state index is -1.45. The number of hydrogen-bond donors (Lipinski definition) is 4. The molecule has 1 aromatic rings. The summed E-state index contributed by atoms with van der Waals surface area (Å²) in [6.07, 6.45) is -2.40. The predicted molar refractivity (Wildman–Crippen MR) is 61.9 cm³/mol. The average molecular weight is 275 g/mol. The predicted octanol–water partition coefficient (Wildman–Crippen LogP) is -0.0165. The molecule has 1 rings (SSSR count). The molecular formula is C10H13NO8. The van der Waals surface area contributed by atoms with Crippen LogP contribution < -0.4 is 4.74 Å². The van der Waals surface area contributed by atoms with Crippen LogP contribution in [0.3, 0.4) is 0 Å². The Labute approximate surface area is 107 Å². The highest BCUT2D eigenvalue weighted by atomic mass is 16.7. The van der Waals surface area contributed by atoms with Gasteiger partial charge >= 0.3 is 6.16 Å². The van der Waals surface area contributed by atoms with Gasteiger partial charge < -0.3 is 25.2 Å². The van der Waals surface area contributed by atoms with E-state index in [9.17, 15) is 14.9 Å². The lowest BCUT2D eigenvalue weighted by molar-refractivity contribution is -0.384. The highest BCUT2D eigenvalue weighted by molar-refractivity contribution is 5.61. The Morgan fingerprint density at radius 3 is 2.00 bits per heavy atom. The van der Waals surface area contributed by atoms with Crippen molar-refractivity contribution in [2.45, 2.75) is 6.10 Å². The number of nitro groups is 1. The van der Waals surface area contributed by atoms with E-state index in [2.05, 4.69) is 4.74 Å². The molecule has 0 aromatic heterocycles. The summed E-state index contributed by atoms with van der Waals surface area (Å²) >= 11 is 0. The molecule has 0 amide bonds. The molecule has 9 nitrogen and oxygen atoms in total. The van der Waals surface area contributed by atoms with Crippen molar-refractivity contribution in [3.8, 4) is 5.75 Å². The summed E-state index contributed by atoms with van der Waals surface area (Å²) in [6.45, 7) is -0.729. The van der Waals surface area contributed by atoms with Crippen LogP contribution in [0, 0.1) is 10.1 Å². The molecule has 0 heterocycles. The highest BCUT2D eigenvalue weighted by Crippen LogP contribution is 2.17. The number of rotatable bonds is 4. The summed E-state index contributed by atoms with van der Waals surface area (Å²) in [6, 6.07) is 4.76. The van der Waals surface area contributed by atoms with Gasteiger partial charge in [0.15, 0.2) is 0 Å². The van der Waals surface area contributed by atoms with E-state index in [-0.39, 0.29) is 24.7 Å². The Balaban J connectivity index is 0.000000459. The lowest BCUT2D eigenvalue weighted by Crippen LogP contribution is -2.15. The molecule has 0 bridgehead atoms. The Hall–Kier alpha value is -2.23. The smallest absolute Gasteiger partial charge is 0.449 e. The second-order valence-electron chi connectivity index (χ2n) is 3.14. The van der Waals surface area contributed by atoms with Crippen molar-refractivity contribution < 1.29 is 34.9 Å². The molecule has 0 aliphatic heterocycles. The zero-order valence-corrected chi connectivity index (χ0v) is 9.67. The second-order valence-corrected chi connectivity index (χ2v) is 3.14. The lowest BCUT2D eigenvalue weighted by atomic mass is 10.3. The van der Waals surface area contributed by atoms with E-state index in [0.29, 0.717) is 0 Å². The highest BCUT2D eigenvalue weighted by Gasteiger charge is 2.05. The number of nitrogens with zero attached hydrogens (tertiary/aromatic N) is 1. The van der Waals surface area contributed by atoms with Gasteiger partial charge in [0.2, 0.25) is 0 Å². The lowest BCUT2D eigenvalue weighted by Gasteiger charge is -1.97. The maximum absolute atomic E-state index is 10.2. The van der Waals surface area contributed by atoms with Gasteiger partial charge in [-0.25, -0.2) is 4.79 Å². The first kappa shape index (κ1) is 16.8. The topological polar surface area (TPSA) is 150 Å². The van der Waals surface area contributed by atoms with E-state index < -0.39 is 17.2 Å². The number of aliphatic hydroxyl groups excluding tert-OH is 3. The number of ether oxygens (including phenoxy) is 1. The number of hydrogen-bond acceptors (Lipinski definition) is 7. The molecule has 0 saturated heterocycles. The SMILES string of the molecule is O=C(O)Oc1ccc([N+](=O)[O-])cc1.OCC(O)CO.